The van der Waals surface area contributed by atoms with Crippen LogP contribution < -0.4 is 5.73 Å². The summed E-state index contributed by atoms with van der Waals surface area (Å²) in [6.45, 7) is 0. The summed E-state index contributed by atoms with van der Waals surface area (Å²) in [5, 5.41) is 8.27. The number of carboxylic acid groups (broad SMARTS) is 1. The maximum Gasteiger partial charge on any atom is 0.320 e. The minimum absolute atomic E-state index is 0.552. The Morgan fingerprint density at radius 1 is 1.73 bits per heavy atom. The van der Waals surface area contributed by atoms with Gasteiger partial charge in [-0.1, -0.05) is 22.6 Å². The van der Waals surface area contributed by atoms with Crippen LogP contribution in [0.4, 0.5) is 0 Å². The van der Waals surface area contributed by atoms with Gasteiger partial charge in [-0.3, -0.25) is 4.79 Å². The molecule has 0 aliphatic rings. The number of nitrogens with two attached hydrogens (primary N) is 1. The predicted octanol–water partition coefficient (Wildman–Crippen LogP) is 1.20. The molecule has 0 radical (unpaired) electrons. The average Bonchev–Trinajstić information content (AvgIpc) is 2.03. The zero-order valence-corrected chi connectivity index (χ0v) is 9.68. The van der Waals surface area contributed by atoms with Crippen molar-refractivity contribution in [2.24, 2.45) is 5.73 Å². The standard InChI is InChI=1S/C5H11NO2S.CH3I/c1-9-3-2-4(6)5(7)8;1-2/h4H,2-3,6H2,1H3,(H,7,8);1H3. The van der Waals surface area contributed by atoms with Crippen LogP contribution in [-0.4, -0.2) is 34.1 Å². The third-order valence-corrected chi connectivity index (χ3v) is 1.59. The number of hydrogen-bond acceptors (Lipinski definition) is 3. The SMILES string of the molecule is CI.CSCCC(N)C(=O)O. The van der Waals surface area contributed by atoms with Gasteiger partial charge < -0.3 is 10.8 Å². The van der Waals surface area contributed by atoms with Crippen molar-refractivity contribution >= 4 is 40.3 Å². The van der Waals surface area contributed by atoms with Crippen molar-refractivity contribution in [2.75, 3.05) is 16.9 Å². The lowest BCUT2D eigenvalue weighted by Crippen LogP contribution is -2.30. The Morgan fingerprint density at radius 2 is 2.18 bits per heavy atom. The fraction of sp³-hybridized carbons (Fsp3) is 0.833. The van der Waals surface area contributed by atoms with E-state index in [0.717, 1.165) is 5.75 Å². The summed E-state index contributed by atoms with van der Waals surface area (Å²) >= 11 is 3.75. The molecule has 0 fully saturated rings. The molecule has 0 aliphatic carbocycles. The third kappa shape index (κ3) is 10.5. The number of rotatable bonds is 4. The van der Waals surface area contributed by atoms with Crippen LogP contribution in [0, 0.1) is 0 Å². The van der Waals surface area contributed by atoms with Crippen molar-refractivity contribution in [2.45, 2.75) is 12.5 Å². The summed E-state index contributed by atoms with van der Waals surface area (Å²) in [5.41, 5.74) is 5.19. The Morgan fingerprint density at radius 3 is 2.45 bits per heavy atom. The molecular weight excluding hydrogens is 277 g/mol. The van der Waals surface area contributed by atoms with Gasteiger partial charge in [-0.05, 0) is 23.4 Å². The summed E-state index contributed by atoms with van der Waals surface area (Å²) in [6, 6.07) is -0.683. The van der Waals surface area contributed by atoms with Crippen LogP contribution in [0.1, 0.15) is 6.42 Å². The molecule has 0 bridgehead atoms. The zero-order valence-electron chi connectivity index (χ0n) is 6.71. The highest BCUT2D eigenvalue weighted by Crippen LogP contribution is 1.97. The molecule has 0 saturated heterocycles. The summed E-state index contributed by atoms with van der Waals surface area (Å²) in [7, 11) is 0. The van der Waals surface area contributed by atoms with E-state index in [-0.39, 0.29) is 0 Å². The maximum absolute atomic E-state index is 10.1. The fourth-order valence-corrected chi connectivity index (χ4v) is 0.858. The van der Waals surface area contributed by atoms with Crippen LogP contribution in [0.2, 0.25) is 0 Å². The summed E-state index contributed by atoms with van der Waals surface area (Å²) in [5.74, 6) is -0.1000. The summed E-state index contributed by atoms with van der Waals surface area (Å²) in [4.78, 5) is 12.0. The van der Waals surface area contributed by atoms with Gasteiger partial charge in [-0.15, -0.1) is 0 Å². The maximum atomic E-state index is 10.1. The van der Waals surface area contributed by atoms with E-state index in [1.165, 1.54) is 0 Å². The van der Waals surface area contributed by atoms with Crippen LogP contribution in [-0.2, 0) is 4.79 Å². The molecule has 3 nitrogen and oxygen atoms in total. The Balaban J connectivity index is 0. The third-order valence-electron chi connectivity index (χ3n) is 0.950. The second-order valence-corrected chi connectivity index (χ2v) is 2.71. The molecule has 5 heteroatoms. The van der Waals surface area contributed by atoms with E-state index < -0.39 is 12.0 Å². The topological polar surface area (TPSA) is 63.3 Å². The minimum Gasteiger partial charge on any atom is -0.480 e. The summed E-state index contributed by atoms with van der Waals surface area (Å²) in [6.07, 6.45) is 2.48. The first-order chi connectivity index (χ1) is 5.18. The highest BCUT2D eigenvalue weighted by Gasteiger charge is 2.08. The van der Waals surface area contributed by atoms with Crippen molar-refractivity contribution in [3.8, 4) is 0 Å². The highest BCUT2D eigenvalue weighted by molar-refractivity contribution is 14.1. The molecule has 1 atom stereocenters. The molecule has 0 aliphatic heterocycles. The number of aliphatic carboxylic acids is 1. The number of halogens is 1. The van der Waals surface area contributed by atoms with Crippen molar-refractivity contribution in [3.05, 3.63) is 0 Å². The van der Waals surface area contributed by atoms with E-state index in [0.29, 0.717) is 6.42 Å². The molecule has 0 aromatic carbocycles. The van der Waals surface area contributed by atoms with Gasteiger partial charge in [0, 0.05) is 0 Å². The lowest BCUT2D eigenvalue weighted by atomic mass is 10.2. The van der Waals surface area contributed by atoms with Crippen LogP contribution >= 0.6 is 34.4 Å². The van der Waals surface area contributed by atoms with E-state index in [2.05, 4.69) is 22.6 Å². The largest absolute Gasteiger partial charge is 0.480 e. The Bertz CT molecular complexity index is 103. The average molecular weight is 291 g/mol. The Hall–Kier alpha value is 0.510. The lowest BCUT2D eigenvalue weighted by molar-refractivity contribution is -0.138. The molecule has 68 valence electrons. The molecule has 0 spiro atoms. The Labute approximate surface area is 85.3 Å². The second-order valence-electron chi connectivity index (χ2n) is 1.73. The van der Waals surface area contributed by atoms with E-state index in [9.17, 15) is 4.79 Å². The molecule has 0 aromatic rings. The van der Waals surface area contributed by atoms with E-state index in [4.69, 9.17) is 10.8 Å². The van der Waals surface area contributed by atoms with Crippen molar-refractivity contribution in [1.29, 1.82) is 0 Å². The molecule has 11 heavy (non-hydrogen) atoms. The predicted molar refractivity (Wildman–Crippen MR) is 58.6 cm³/mol. The summed E-state index contributed by atoms with van der Waals surface area (Å²) < 4.78 is 0. The van der Waals surface area contributed by atoms with Gasteiger partial charge in [-0.25, -0.2) is 0 Å². The van der Waals surface area contributed by atoms with E-state index in [1.807, 2.05) is 11.2 Å². The van der Waals surface area contributed by atoms with Crippen LogP contribution in [0.25, 0.3) is 0 Å². The van der Waals surface area contributed by atoms with Crippen LogP contribution in [0.5, 0.6) is 0 Å². The fourth-order valence-electron chi connectivity index (χ4n) is 0.368. The van der Waals surface area contributed by atoms with Gasteiger partial charge in [0.2, 0.25) is 0 Å². The molecule has 0 rings (SSSR count). The van der Waals surface area contributed by atoms with Gasteiger partial charge in [0.1, 0.15) is 6.04 Å². The number of carboxylic acids is 1. The van der Waals surface area contributed by atoms with Gasteiger partial charge in [0.15, 0.2) is 0 Å². The van der Waals surface area contributed by atoms with Gasteiger partial charge >= 0.3 is 5.97 Å². The monoisotopic (exact) mass is 291 g/mol. The zero-order chi connectivity index (χ0) is 9.28. The van der Waals surface area contributed by atoms with E-state index >= 15 is 0 Å². The first kappa shape index (κ1) is 14.1. The van der Waals surface area contributed by atoms with Crippen LogP contribution in [0.3, 0.4) is 0 Å². The molecule has 1 unspecified atom stereocenters. The van der Waals surface area contributed by atoms with Gasteiger partial charge in [0.25, 0.3) is 0 Å². The molecule has 0 amide bonds. The molecular formula is C6H14INO2S. The van der Waals surface area contributed by atoms with Gasteiger partial charge in [-0.2, -0.15) is 11.8 Å². The Kier molecular flexibility index (Phi) is 13.4. The lowest BCUT2D eigenvalue weighted by Gasteiger charge is -2.02. The van der Waals surface area contributed by atoms with Crippen LogP contribution in [0.15, 0.2) is 0 Å². The number of carbonyl (C=O) groups is 1. The smallest absolute Gasteiger partial charge is 0.320 e. The van der Waals surface area contributed by atoms with E-state index in [1.54, 1.807) is 11.8 Å². The van der Waals surface area contributed by atoms with Crippen molar-refractivity contribution in [3.63, 3.8) is 0 Å². The minimum atomic E-state index is -0.913. The molecule has 0 heterocycles. The molecule has 0 aromatic heterocycles. The number of alkyl halides is 1. The quantitative estimate of drug-likeness (QED) is 0.603. The molecule has 3 N–H and O–H groups in total. The highest BCUT2D eigenvalue weighted by atomic mass is 127. The number of hydrogen-bond donors (Lipinski definition) is 2. The number of thioether (sulfide) groups is 1. The first-order valence-electron chi connectivity index (χ1n) is 3.03. The van der Waals surface area contributed by atoms with Crippen molar-refractivity contribution in [1.82, 2.24) is 0 Å². The van der Waals surface area contributed by atoms with Crippen molar-refractivity contribution < 1.29 is 9.90 Å². The first-order valence-corrected chi connectivity index (χ1v) is 6.58. The molecule has 0 saturated carbocycles. The van der Waals surface area contributed by atoms with Gasteiger partial charge in [0.05, 0.1) is 0 Å². The second kappa shape index (κ2) is 10.5. The normalized spacial score (nSPS) is 11.3.